The predicted octanol–water partition coefficient (Wildman–Crippen LogP) is 3.92. The van der Waals surface area contributed by atoms with Crippen molar-refractivity contribution in [2.24, 2.45) is 5.92 Å². The molecule has 0 amide bonds. The Morgan fingerprint density at radius 1 is 1.26 bits per heavy atom. The molecule has 4 heteroatoms. The zero-order valence-corrected chi connectivity index (χ0v) is 13.5. The van der Waals surface area contributed by atoms with Gasteiger partial charge in [-0.1, -0.05) is 35.0 Å². The van der Waals surface area contributed by atoms with Crippen LogP contribution in [0.3, 0.4) is 0 Å². The van der Waals surface area contributed by atoms with Crippen molar-refractivity contribution in [2.45, 2.75) is 19.8 Å². The maximum atomic E-state index is 4.40. The van der Waals surface area contributed by atoms with Crippen molar-refractivity contribution >= 4 is 27.3 Å². The van der Waals surface area contributed by atoms with E-state index >= 15 is 0 Å². The molecule has 0 saturated heterocycles. The van der Waals surface area contributed by atoms with E-state index in [1.807, 2.05) is 5.51 Å². The van der Waals surface area contributed by atoms with Crippen LogP contribution in [0.4, 0.5) is 0 Å². The third-order valence-electron chi connectivity index (χ3n) is 3.10. The van der Waals surface area contributed by atoms with Crippen LogP contribution in [-0.2, 0) is 12.8 Å². The summed E-state index contributed by atoms with van der Waals surface area (Å²) in [6, 6.07) is 8.62. The molecule has 2 nitrogen and oxygen atoms in total. The molecule has 0 aliphatic rings. The molecular formula is C15H19BrN2S. The van der Waals surface area contributed by atoms with Crippen LogP contribution in [0, 0.1) is 5.92 Å². The van der Waals surface area contributed by atoms with E-state index in [0.717, 1.165) is 30.4 Å². The molecule has 0 saturated carbocycles. The van der Waals surface area contributed by atoms with Crippen molar-refractivity contribution in [3.8, 4) is 0 Å². The zero-order chi connectivity index (χ0) is 13.5. The number of nitrogens with one attached hydrogen (secondary N) is 1. The van der Waals surface area contributed by atoms with Gasteiger partial charge in [-0.2, -0.15) is 0 Å². The van der Waals surface area contributed by atoms with Gasteiger partial charge in [0.1, 0.15) is 0 Å². The molecule has 2 aromatic rings. The second kappa shape index (κ2) is 7.78. The lowest BCUT2D eigenvalue weighted by molar-refractivity contribution is 0.474. The zero-order valence-electron chi connectivity index (χ0n) is 11.1. The van der Waals surface area contributed by atoms with E-state index < -0.39 is 0 Å². The van der Waals surface area contributed by atoms with Crippen molar-refractivity contribution in [3.63, 3.8) is 0 Å². The van der Waals surface area contributed by atoms with Gasteiger partial charge in [-0.25, -0.2) is 4.98 Å². The molecule has 0 spiro atoms. The van der Waals surface area contributed by atoms with Crippen LogP contribution in [0.5, 0.6) is 0 Å². The highest BCUT2D eigenvalue weighted by molar-refractivity contribution is 9.10. The Morgan fingerprint density at radius 3 is 2.68 bits per heavy atom. The summed E-state index contributed by atoms with van der Waals surface area (Å²) in [6.45, 7) is 4.22. The first kappa shape index (κ1) is 14.7. The van der Waals surface area contributed by atoms with Gasteiger partial charge in [0.05, 0.1) is 11.2 Å². The SMILES string of the molecule is CCNCC(Cc1ccc(Br)cc1)Cc1cscn1. The molecule has 2 rings (SSSR count). The molecule has 1 unspecified atom stereocenters. The Bertz CT molecular complexity index is 467. The number of hydrogen-bond acceptors (Lipinski definition) is 3. The van der Waals surface area contributed by atoms with Crippen LogP contribution in [0.2, 0.25) is 0 Å². The van der Waals surface area contributed by atoms with E-state index in [2.05, 4.69) is 62.8 Å². The lowest BCUT2D eigenvalue weighted by Gasteiger charge is -2.16. The molecule has 1 aromatic heterocycles. The second-order valence-electron chi connectivity index (χ2n) is 4.69. The average Bonchev–Trinajstić information content (AvgIpc) is 2.91. The number of rotatable bonds is 7. The summed E-state index contributed by atoms with van der Waals surface area (Å²) >= 11 is 5.16. The number of hydrogen-bond donors (Lipinski definition) is 1. The smallest absolute Gasteiger partial charge is 0.0794 e. The first-order valence-corrected chi connectivity index (χ1v) is 8.33. The quantitative estimate of drug-likeness (QED) is 0.827. The summed E-state index contributed by atoms with van der Waals surface area (Å²) in [4.78, 5) is 4.40. The monoisotopic (exact) mass is 338 g/mol. The van der Waals surface area contributed by atoms with Gasteiger partial charge in [-0.05, 0) is 49.5 Å². The van der Waals surface area contributed by atoms with Gasteiger partial charge in [0.15, 0.2) is 0 Å². The Kier molecular flexibility index (Phi) is 6.01. The highest BCUT2D eigenvalue weighted by Gasteiger charge is 2.11. The van der Waals surface area contributed by atoms with Gasteiger partial charge in [0.25, 0.3) is 0 Å². The number of benzene rings is 1. The molecule has 1 N–H and O–H groups in total. The summed E-state index contributed by atoms with van der Waals surface area (Å²) in [5, 5.41) is 5.61. The topological polar surface area (TPSA) is 24.9 Å². The van der Waals surface area contributed by atoms with Gasteiger partial charge in [-0.15, -0.1) is 11.3 Å². The van der Waals surface area contributed by atoms with Gasteiger partial charge < -0.3 is 5.32 Å². The summed E-state index contributed by atoms with van der Waals surface area (Å²) < 4.78 is 1.14. The van der Waals surface area contributed by atoms with Crippen LogP contribution in [-0.4, -0.2) is 18.1 Å². The lowest BCUT2D eigenvalue weighted by Crippen LogP contribution is -2.25. The first-order chi connectivity index (χ1) is 9.28. The van der Waals surface area contributed by atoms with E-state index in [1.165, 1.54) is 11.3 Å². The largest absolute Gasteiger partial charge is 0.317 e. The fourth-order valence-electron chi connectivity index (χ4n) is 2.15. The molecule has 1 aromatic carbocycles. The highest BCUT2D eigenvalue weighted by atomic mass is 79.9. The number of halogens is 1. The number of nitrogens with zero attached hydrogens (tertiary/aromatic N) is 1. The van der Waals surface area contributed by atoms with Crippen LogP contribution in [0.15, 0.2) is 39.6 Å². The van der Waals surface area contributed by atoms with Gasteiger partial charge >= 0.3 is 0 Å². The highest BCUT2D eigenvalue weighted by Crippen LogP contribution is 2.17. The molecule has 19 heavy (non-hydrogen) atoms. The molecule has 0 aliphatic heterocycles. The third kappa shape index (κ3) is 5.05. The Labute approximate surface area is 127 Å². The standard InChI is InChI=1S/C15H19BrN2S/c1-2-17-9-13(8-15-10-19-11-18-15)7-12-3-5-14(16)6-4-12/h3-6,10-11,13,17H,2,7-9H2,1H3. The summed E-state index contributed by atoms with van der Waals surface area (Å²) in [7, 11) is 0. The minimum absolute atomic E-state index is 0.600. The van der Waals surface area contributed by atoms with Crippen LogP contribution in [0.25, 0.3) is 0 Å². The number of thiazole rings is 1. The van der Waals surface area contributed by atoms with Crippen molar-refractivity contribution in [3.05, 3.63) is 50.9 Å². The van der Waals surface area contributed by atoms with E-state index in [9.17, 15) is 0 Å². The summed E-state index contributed by atoms with van der Waals surface area (Å²) in [6.07, 6.45) is 2.14. The Hall–Kier alpha value is -0.710. The van der Waals surface area contributed by atoms with E-state index in [0.29, 0.717) is 5.92 Å². The van der Waals surface area contributed by atoms with Gasteiger partial charge in [0.2, 0.25) is 0 Å². The molecule has 0 bridgehead atoms. The van der Waals surface area contributed by atoms with E-state index in [4.69, 9.17) is 0 Å². The summed E-state index contributed by atoms with van der Waals surface area (Å²) in [5.74, 6) is 0.600. The fourth-order valence-corrected chi connectivity index (χ4v) is 2.99. The molecule has 102 valence electrons. The average molecular weight is 339 g/mol. The maximum absolute atomic E-state index is 4.40. The van der Waals surface area contributed by atoms with Crippen molar-refractivity contribution in [2.75, 3.05) is 13.1 Å². The summed E-state index contributed by atoms with van der Waals surface area (Å²) in [5.41, 5.74) is 4.52. The van der Waals surface area contributed by atoms with Gasteiger partial charge in [-0.3, -0.25) is 0 Å². The van der Waals surface area contributed by atoms with E-state index in [-0.39, 0.29) is 0 Å². The normalized spacial score (nSPS) is 12.5. The minimum Gasteiger partial charge on any atom is -0.317 e. The molecular weight excluding hydrogens is 320 g/mol. The Balaban J connectivity index is 1.98. The first-order valence-electron chi connectivity index (χ1n) is 6.60. The van der Waals surface area contributed by atoms with E-state index in [1.54, 1.807) is 11.3 Å². The van der Waals surface area contributed by atoms with Crippen LogP contribution in [0.1, 0.15) is 18.2 Å². The fraction of sp³-hybridized carbons (Fsp3) is 0.400. The second-order valence-corrected chi connectivity index (χ2v) is 6.32. The van der Waals surface area contributed by atoms with Crippen LogP contribution >= 0.6 is 27.3 Å². The van der Waals surface area contributed by atoms with Crippen molar-refractivity contribution in [1.29, 1.82) is 0 Å². The third-order valence-corrected chi connectivity index (χ3v) is 4.27. The maximum Gasteiger partial charge on any atom is 0.0794 e. The van der Waals surface area contributed by atoms with Gasteiger partial charge in [0, 0.05) is 9.85 Å². The predicted molar refractivity (Wildman–Crippen MR) is 85.7 cm³/mol. The van der Waals surface area contributed by atoms with Crippen LogP contribution < -0.4 is 5.32 Å². The molecule has 0 fully saturated rings. The molecule has 1 heterocycles. The number of aromatic nitrogens is 1. The molecule has 0 aliphatic carbocycles. The van der Waals surface area contributed by atoms with Crippen molar-refractivity contribution < 1.29 is 0 Å². The Morgan fingerprint density at radius 2 is 2.05 bits per heavy atom. The minimum atomic E-state index is 0.600. The van der Waals surface area contributed by atoms with Crippen molar-refractivity contribution in [1.82, 2.24) is 10.3 Å². The molecule has 1 atom stereocenters. The lowest BCUT2D eigenvalue weighted by atomic mass is 9.95. The molecule has 0 radical (unpaired) electrons.